The number of hydrogen-bond acceptors (Lipinski definition) is 4. The summed E-state index contributed by atoms with van der Waals surface area (Å²) in [4.78, 5) is 14.3. The number of carbonyl (C=O) groups excluding carboxylic acids is 1. The summed E-state index contributed by atoms with van der Waals surface area (Å²) in [6.45, 7) is -0.354. The highest BCUT2D eigenvalue weighted by molar-refractivity contribution is 5.97. The van der Waals surface area contributed by atoms with Gasteiger partial charge >= 0.3 is 0 Å². The van der Waals surface area contributed by atoms with Gasteiger partial charge in [0.05, 0.1) is 31.9 Å². The maximum atomic E-state index is 14.3. The lowest BCUT2D eigenvalue weighted by atomic mass is 9.97. The highest BCUT2D eigenvalue weighted by Crippen LogP contribution is 2.32. The van der Waals surface area contributed by atoms with Crippen LogP contribution < -0.4 is 9.47 Å². The Morgan fingerprint density at radius 1 is 1.36 bits per heavy atom. The van der Waals surface area contributed by atoms with E-state index in [-0.39, 0.29) is 25.0 Å². The molecule has 1 unspecified atom stereocenters. The fourth-order valence-corrected chi connectivity index (χ4v) is 3.57. The molecule has 1 amide bonds. The van der Waals surface area contributed by atoms with Crippen molar-refractivity contribution in [3.63, 3.8) is 0 Å². The molecule has 1 heterocycles. The number of methoxy groups -OCH3 is 1. The van der Waals surface area contributed by atoms with E-state index in [1.54, 1.807) is 25.3 Å². The van der Waals surface area contributed by atoms with Gasteiger partial charge in [0.2, 0.25) is 0 Å². The molecule has 1 atom stereocenters. The quantitative estimate of drug-likeness (QED) is 0.886. The van der Waals surface area contributed by atoms with Crippen molar-refractivity contribution in [2.45, 2.75) is 50.3 Å². The van der Waals surface area contributed by atoms with Crippen molar-refractivity contribution in [2.75, 3.05) is 26.8 Å². The maximum Gasteiger partial charge on any atom is 0.257 e. The zero-order chi connectivity index (χ0) is 17.9. The molecule has 0 bridgehead atoms. The number of alkyl halides is 1. The number of nitrogens with zero attached hydrogens (tertiary/aromatic N) is 1. The van der Waals surface area contributed by atoms with E-state index in [1.165, 1.54) is 11.3 Å². The van der Waals surface area contributed by atoms with Gasteiger partial charge in [0, 0.05) is 19.0 Å². The topological polar surface area (TPSA) is 59.0 Å². The number of halogens is 1. The van der Waals surface area contributed by atoms with Gasteiger partial charge in [-0.1, -0.05) is 6.42 Å². The molecule has 1 saturated carbocycles. The second-order valence-corrected chi connectivity index (χ2v) is 7.03. The number of likely N-dealkylation sites (tertiary alicyclic amines) is 1. The van der Waals surface area contributed by atoms with Crippen molar-refractivity contribution in [2.24, 2.45) is 0 Å². The van der Waals surface area contributed by atoms with Gasteiger partial charge in [-0.3, -0.25) is 4.79 Å². The summed E-state index contributed by atoms with van der Waals surface area (Å²) in [5.41, 5.74) is -1.28. The van der Waals surface area contributed by atoms with E-state index in [2.05, 4.69) is 0 Å². The standard InChI is InChI=1S/C19H26FNO4/c1-24-15-7-8-16(17(11-15)25-14-5-3-2-4-6-14)18(23)21-10-9-19(20,12-21)13-22/h7-8,11,14,22H,2-6,9-10,12-13H2,1H3. The first-order valence-corrected chi connectivity index (χ1v) is 8.98. The van der Waals surface area contributed by atoms with Gasteiger partial charge in [-0.2, -0.15) is 0 Å². The van der Waals surface area contributed by atoms with Crippen LogP contribution in [-0.4, -0.2) is 54.5 Å². The number of carbonyl (C=O) groups is 1. The molecule has 2 fully saturated rings. The smallest absolute Gasteiger partial charge is 0.257 e. The first-order chi connectivity index (χ1) is 12.0. The van der Waals surface area contributed by atoms with Gasteiger partial charge in [-0.25, -0.2) is 4.39 Å². The molecule has 0 radical (unpaired) electrons. The van der Waals surface area contributed by atoms with Crippen LogP contribution in [-0.2, 0) is 0 Å². The highest BCUT2D eigenvalue weighted by Gasteiger charge is 2.40. The van der Waals surface area contributed by atoms with Crippen molar-refractivity contribution >= 4 is 5.91 Å². The minimum atomic E-state index is -1.70. The summed E-state index contributed by atoms with van der Waals surface area (Å²) in [7, 11) is 1.57. The van der Waals surface area contributed by atoms with Crippen LogP contribution in [0.3, 0.4) is 0 Å². The third-order valence-electron chi connectivity index (χ3n) is 5.14. The van der Waals surface area contributed by atoms with Crippen LogP contribution >= 0.6 is 0 Å². The second kappa shape index (κ2) is 7.60. The third kappa shape index (κ3) is 4.06. The van der Waals surface area contributed by atoms with E-state index in [1.807, 2.05) is 0 Å². The van der Waals surface area contributed by atoms with Crippen LogP contribution in [0.4, 0.5) is 4.39 Å². The molecule has 1 N–H and O–H groups in total. The lowest BCUT2D eigenvalue weighted by Gasteiger charge is -2.25. The summed E-state index contributed by atoms with van der Waals surface area (Å²) >= 11 is 0. The van der Waals surface area contributed by atoms with Crippen LogP contribution in [0.1, 0.15) is 48.9 Å². The predicted molar refractivity (Wildman–Crippen MR) is 91.9 cm³/mol. The highest BCUT2D eigenvalue weighted by atomic mass is 19.1. The van der Waals surface area contributed by atoms with Gasteiger partial charge in [-0.15, -0.1) is 0 Å². The molecule has 1 aliphatic carbocycles. The Morgan fingerprint density at radius 3 is 2.76 bits per heavy atom. The Kier molecular flexibility index (Phi) is 5.47. The lowest BCUT2D eigenvalue weighted by Crippen LogP contribution is -2.35. The van der Waals surface area contributed by atoms with E-state index >= 15 is 0 Å². The molecule has 1 saturated heterocycles. The zero-order valence-electron chi connectivity index (χ0n) is 14.7. The van der Waals surface area contributed by atoms with Gasteiger partial charge in [0.1, 0.15) is 11.5 Å². The van der Waals surface area contributed by atoms with Crippen LogP contribution in [0.2, 0.25) is 0 Å². The average molecular weight is 351 g/mol. The number of aliphatic hydroxyl groups excluding tert-OH is 1. The zero-order valence-corrected chi connectivity index (χ0v) is 14.7. The van der Waals surface area contributed by atoms with Crippen LogP contribution in [0.25, 0.3) is 0 Å². The van der Waals surface area contributed by atoms with Crippen LogP contribution in [0, 0.1) is 0 Å². The minimum Gasteiger partial charge on any atom is -0.497 e. The summed E-state index contributed by atoms with van der Waals surface area (Å²) < 4.78 is 25.6. The number of ether oxygens (including phenoxy) is 2. The molecule has 2 aliphatic rings. The van der Waals surface area contributed by atoms with E-state index in [9.17, 15) is 14.3 Å². The second-order valence-electron chi connectivity index (χ2n) is 7.03. The third-order valence-corrected chi connectivity index (χ3v) is 5.14. The average Bonchev–Trinajstić information content (AvgIpc) is 3.05. The molecule has 25 heavy (non-hydrogen) atoms. The minimum absolute atomic E-state index is 0.0861. The Hall–Kier alpha value is -1.82. The first-order valence-electron chi connectivity index (χ1n) is 8.98. The fraction of sp³-hybridized carbons (Fsp3) is 0.632. The number of amides is 1. The maximum absolute atomic E-state index is 14.3. The molecule has 1 aliphatic heterocycles. The Balaban J connectivity index is 1.80. The van der Waals surface area contributed by atoms with Crippen LogP contribution in [0.15, 0.2) is 18.2 Å². The summed E-state index contributed by atoms with van der Waals surface area (Å²) in [6.07, 6.45) is 5.69. The Labute approximate surface area is 147 Å². The van der Waals surface area contributed by atoms with E-state index in [4.69, 9.17) is 9.47 Å². The lowest BCUT2D eigenvalue weighted by molar-refractivity contribution is 0.0625. The number of aliphatic hydroxyl groups is 1. The normalized spacial score (nSPS) is 24.4. The van der Waals surface area contributed by atoms with Gasteiger partial charge < -0.3 is 19.5 Å². The van der Waals surface area contributed by atoms with E-state index < -0.39 is 12.3 Å². The van der Waals surface area contributed by atoms with Crippen molar-refractivity contribution in [3.05, 3.63) is 23.8 Å². The number of rotatable bonds is 5. The number of hydrogen-bond donors (Lipinski definition) is 1. The Morgan fingerprint density at radius 2 is 2.12 bits per heavy atom. The summed E-state index contributed by atoms with van der Waals surface area (Å²) in [5.74, 6) is 0.858. The van der Waals surface area contributed by atoms with Gasteiger partial charge in [0.25, 0.3) is 5.91 Å². The summed E-state index contributed by atoms with van der Waals surface area (Å²) in [6, 6.07) is 5.12. The molecule has 5 nitrogen and oxygen atoms in total. The van der Waals surface area contributed by atoms with Gasteiger partial charge in [0.15, 0.2) is 5.67 Å². The van der Waals surface area contributed by atoms with Gasteiger partial charge in [-0.05, 0) is 37.8 Å². The van der Waals surface area contributed by atoms with Crippen molar-refractivity contribution in [1.82, 2.24) is 4.90 Å². The van der Waals surface area contributed by atoms with Crippen molar-refractivity contribution < 1.29 is 23.8 Å². The molecule has 138 valence electrons. The molecule has 0 aromatic heterocycles. The summed E-state index contributed by atoms with van der Waals surface area (Å²) in [5, 5.41) is 9.18. The molecular formula is C19H26FNO4. The first kappa shape index (κ1) is 18.0. The molecule has 1 aromatic rings. The van der Waals surface area contributed by atoms with E-state index in [0.29, 0.717) is 23.6 Å². The molecule has 3 rings (SSSR count). The van der Waals surface area contributed by atoms with Crippen molar-refractivity contribution in [3.8, 4) is 11.5 Å². The monoisotopic (exact) mass is 351 g/mol. The predicted octanol–water partition coefficient (Wildman–Crippen LogP) is 2.95. The molecule has 6 heteroatoms. The SMILES string of the molecule is COc1ccc(C(=O)N2CCC(F)(CO)C2)c(OC2CCCCC2)c1. The number of benzene rings is 1. The molecular weight excluding hydrogens is 325 g/mol. The van der Waals surface area contributed by atoms with Crippen LogP contribution in [0.5, 0.6) is 11.5 Å². The fourth-order valence-electron chi connectivity index (χ4n) is 3.57. The molecule has 1 aromatic carbocycles. The van der Waals surface area contributed by atoms with Crippen molar-refractivity contribution in [1.29, 1.82) is 0 Å². The Bertz CT molecular complexity index is 617. The molecule has 0 spiro atoms. The van der Waals surface area contributed by atoms with E-state index in [0.717, 1.165) is 25.7 Å². The largest absolute Gasteiger partial charge is 0.497 e.